The van der Waals surface area contributed by atoms with E-state index in [-0.39, 0.29) is 23.3 Å². The number of carbonyl (C=O) groups excluding carboxylic acids is 1. The van der Waals surface area contributed by atoms with Gasteiger partial charge in [-0.1, -0.05) is 6.92 Å². The van der Waals surface area contributed by atoms with Crippen LogP contribution in [0.25, 0.3) is 0 Å². The quantitative estimate of drug-likeness (QED) is 0.708. The van der Waals surface area contributed by atoms with Gasteiger partial charge in [0.25, 0.3) is 0 Å². The molecule has 1 atom stereocenters. The third-order valence-electron chi connectivity index (χ3n) is 2.95. The van der Waals surface area contributed by atoms with Gasteiger partial charge in [0, 0.05) is 37.7 Å². The number of sulfone groups is 1. The first-order valence-electron chi connectivity index (χ1n) is 5.41. The predicted octanol–water partition coefficient (Wildman–Crippen LogP) is 0.475. The molecule has 0 radical (unpaired) electrons. The second-order valence-corrected chi connectivity index (χ2v) is 6.59. The molecule has 0 aromatic heterocycles. The Bertz CT molecular complexity index is 324. The van der Waals surface area contributed by atoms with Crippen molar-refractivity contribution in [1.29, 1.82) is 0 Å². The van der Waals surface area contributed by atoms with Gasteiger partial charge in [0.05, 0.1) is 5.75 Å². The minimum Gasteiger partial charge on any atom is -0.300 e. The van der Waals surface area contributed by atoms with E-state index < -0.39 is 9.84 Å². The Hall–Kier alpha value is -0.420. The van der Waals surface area contributed by atoms with E-state index >= 15 is 0 Å². The molecule has 1 fully saturated rings. The van der Waals surface area contributed by atoms with Crippen LogP contribution < -0.4 is 0 Å². The number of ketones is 1. The van der Waals surface area contributed by atoms with Gasteiger partial charge in [-0.2, -0.15) is 0 Å². The third-order valence-corrected chi connectivity index (χ3v) is 4.64. The molecule has 1 saturated heterocycles. The van der Waals surface area contributed by atoms with Crippen molar-refractivity contribution in [3.8, 4) is 0 Å². The molecule has 1 heterocycles. The van der Waals surface area contributed by atoms with Crippen molar-refractivity contribution in [3.63, 3.8) is 0 Å². The average Bonchev–Trinajstić information content (AvgIpc) is 2.16. The van der Waals surface area contributed by atoms with Crippen molar-refractivity contribution in [2.45, 2.75) is 32.7 Å². The first-order valence-corrected chi connectivity index (χ1v) is 7.23. The van der Waals surface area contributed by atoms with Crippen LogP contribution in [-0.2, 0) is 14.6 Å². The zero-order valence-electron chi connectivity index (χ0n) is 9.40. The Kier molecular flexibility index (Phi) is 4.28. The van der Waals surface area contributed by atoms with Crippen LogP contribution in [0.15, 0.2) is 0 Å². The van der Waals surface area contributed by atoms with E-state index in [1.807, 2.05) is 6.92 Å². The number of piperidine rings is 1. The molecule has 1 aliphatic heterocycles. The molecule has 15 heavy (non-hydrogen) atoms. The highest BCUT2D eigenvalue weighted by Crippen LogP contribution is 2.13. The van der Waals surface area contributed by atoms with Gasteiger partial charge in [-0.3, -0.25) is 9.69 Å². The Morgan fingerprint density at radius 3 is 2.67 bits per heavy atom. The molecule has 0 aliphatic carbocycles. The molecular weight excluding hydrogens is 214 g/mol. The highest BCUT2D eigenvalue weighted by molar-refractivity contribution is 7.91. The van der Waals surface area contributed by atoms with Crippen LogP contribution in [-0.4, -0.2) is 49.7 Å². The number of hydrogen-bond donors (Lipinski definition) is 0. The van der Waals surface area contributed by atoms with Crippen LogP contribution in [0.1, 0.15) is 26.7 Å². The highest BCUT2D eigenvalue weighted by atomic mass is 32.2. The van der Waals surface area contributed by atoms with Crippen LogP contribution in [0.4, 0.5) is 0 Å². The summed E-state index contributed by atoms with van der Waals surface area (Å²) in [5.74, 6) is 0.702. The number of nitrogens with zero attached hydrogens (tertiary/aromatic N) is 1. The molecule has 0 N–H and O–H groups in total. The lowest BCUT2D eigenvalue weighted by Gasteiger charge is -2.32. The lowest BCUT2D eigenvalue weighted by atomic mass is 10.0. The van der Waals surface area contributed by atoms with Crippen LogP contribution >= 0.6 is 0 Å². The number of likely N-dealkylation sites (tertiary alicyclic amines) is 1. The van der Waals surface area contributed by atoms with Crippen molar-refractivity contribution in [1.82, 2.24) is 4.90 Å². The summed E-state index contributed by atoms with van der Waals surface area (Å²) < 4.78 is 22.6. The topological polar surface area (TPSA) is 54.5 Å². The lowest BCUT2D eigenvalue weighted by molar-refractivity contribution is -0.122. The third kappa shape index (κ3) is 3.91. The summed E-state index contributed by atoms with van der Waals surface area (Å²) in [6, 6.07) is 0.193. The number of hydrogen-bond acceptors (Lipinski definition) is 4. The van der Waals surface area contributed by atoms with Crippen molar-refractivity contribution >= 4 is 15.6 Å². The van der Waals surface area contributed by atoms with E-state index in [0.717, 1.165) is 0 Å². The van der Waals surface area contributed by atoms with Gasteiger partial charge in [0.15, 0.2) is 9.84 Å². The van der Waals surface area contributed by atoms with E-state index in [1.54, 1.807) is 6.92 Å². The fraction of sp³-hybridized carbons (Fsp3) is 0.900. The van der Waals surface area contributed by atoms with E-state index in [4.69, 9.17) is 0 Å². The molecule has 4 nitrogen and oxygen atoms in total. The molecule has 0 amide bonds. The Balaban J connectivity index is 2.43. The molecule has 0 aromatic rings. The van der Waals surface area contributed by atoms with Crippen molar-refractivity contribution in [2.24, 2.45) is 0 Å². The van der Waals surface area contributed by atoms with Gasteiger partial charge in [-0.15, -0.1) is 0 Å². The zero-order valence-corrected chi connectivity index (χ0v) is 10.2. The lowest BCUT2D eigenvalue weighted by Crippen LogP contribution is -2.43. The molecule has 0 spiro atoms. The summed E-state index contributed by atoms with van der Waals surface area (Å²) in [7, 11) is -2.88. The fourth-order valence-electron chi connectivity index (χ4n) is 1.78. The van der Waals surface area contributed by atoms with Crippen LogP contribution in [0, 0.1) is 0 Å². The minimum atomic E-state index is -2.88. The summed E-state index contributed by atoms with van der Waals surface area (Å²) in [6.45, 7) is 4.91. The van der Waals surface area contributed by atoms with E-state index in [1.165, 1.54) is 0 Å². The molecule has 0 saturated carbocycles. The molecular formula is C10H19NO3S. The van der Waals surface area contributed by atoms with Gasteiger partial charge >= 0.3 is 0 Å². The van der Waals surface area contributed by atoms with E-state index in [0.29, 0.717) is 25.9 Å². The highest BCUT2D eigenvalue weighted by Gasteiger charge is 2.24. The molecule has 1 aliphatic rings. The van der Waals surface area contributed by atoms with Gasteiger partial charge in [-0.05, 0) is 6.92 Å². The predicted molar refractivity (Wildman–Crippen MR) is 59.6 cm³/mol. The van der Waals surface area contributed by atoms with Gasteiger partial charge in [0.2, 0.25) is 0 Å². The Labute approximate surface area is 91.6 Å². The van der Waals surface area contributed by atoms with Gasteiger partial charge < -0.3 is 0 Å². The van der Waals surface area contributed by atoms with Gasteiger partial charge in [-0.25, -0.2) is 8.42 Å². The monoisotopic (exact) mass is 233 g/mol. The molecule has 0 bridgehead atoms. The standard InChI is InChI=1S/C10H19NO3S/c1-3-15(13,14)7-6-11-5-4-10(12)8-9(11)2/h9H,3-8H2,1-2H3. The van der Waals surface area contributed by atoms with Crippen LogP contribution in [0.3, 0.4) is 0 Å². The van der Waals surface area contributed by atoms with E-state index in [2.05, 4.69) is 4.90 Å². The molecule has 88 valence electrons. The fourth-order valence-corrected chi connectivity index (χ4v) is 2.58. The maximum absolute atomic E-state index is 11.3. The maximum Gasteiger partial charge on any atom is 0.151 e. The number of rotatable bonds is 4. The Morgan fingerprint density at radius 1 is 1.47 bits per heavy atom. The Morgan fingerprint density at radius 2 is 2.13 bits per heavy atom. The molecule has 5 heteroatoms. The van der Waals surface area contributed by atoms with Crippen molar-refractivity contribution in [2.75, 3.05) is 24.6 Å². The summed E-state index contributed by atoms with van der Waals surface area (Å²) in [6.07, 6.45) is 1.13. The maximum atomic E-state index is 11.3. The summed E-state index contributed by atoms with van der Waals surface area (Å²) in [4.78, 5) is 13.2. The van der Waals surface area contributed by atoms with Crippen molar-refractivity contribution < 1.29 is 13.2 Å². The summed E-state index contributed by atoms with van der Waals surface area (Å²) >= 11 is 0. The normalized spacial score (nSPS) is 24.4. The first-order chi connectivity index (χ1) is 6.94. The average molecular weight is 233 g/mol. The smallest absolute Gasteiger partial charge is 0.151 e. The SMILES string of the molecule is CCS(=O)(=O)CCN1CCC(=O)CC1C. The van der Waals surface area contributed by atoms with Crippen molar-refractivity contribution in [3.05, 3.63) is 0 Å². The largest absolute Gasteiger partial charge is 0.300 e. The molecule has 1 unspecified atom stereocenters. The number of Topliss-reactive ketones (excluding diaryl/α,β-unsaturated/α-hetero) is 1. The van der Waals surface area contributed by atoms with Crippen LogP contribution in [0.2, 0.25) is 0 Å². The number of carbonyl (C=O) groups is 1. The molecule has 1 rings (SSSR count). The second kappa shape index (κ2) is 5.07. The zero-order chi connectivity index (χ0) is 11.5. The van der Waals surface area contributed by atoms with Crippen LogP contribution in [0.5, 0.6) is 0 Å². The minimum absolute atomic E-state index is 0.193. The summed E-state index contributed by atoms with van der Waals surface area (Å²) in [5, 5.41) is 0. The van der Waals surface area contributed by atoms with E-state index in [9.17, 15) is 13.2 Å². The van der Waals surface area contributed by atoms with Gasteiger partial charge in [0.1, 0.15) is 5.78 Å². The second-order valence-electron chi connectivity index (χ2n) is 4.11. The summed E-state index contributed by atoms with van der Waals surface area (Å²) in [5.41, 5.74) is 0. The molecule has 0 aromatic carbocycles. The first kappa shape index (κ1) is 12.6.